The number of hydrogen-bond acceptors (Lipinski definition) is 5. The fraction of sp³-hybridized carbons (Fsp3) is 0.0526. The van der Waals surface area contributed by atoms with E-state index < -0.39 is 5.97 Å². The Hall–Kier alpha value is -3.54. The Morgan fingerprint density at radius 2 is 1.76 bits per heavy atom. The molecule has 1 aromatic heterocycles. The highest BCUT2D eigenvalue weighted by Gasteiger charge is 2.11. The molecule has 3 N–H and O–H groups in total. The number of ether oxygens (including phenoxy) is 1. The van der Waals surface area contributed by atoms with Crippen molar-refractivity contribution in [1.82, 2.24) is 4.98 Å². The van der Waals surface area contributed by atoms with Crippen LogP contribution in [0, 0.1) is 0 Å². The van der Waals surface area contributed by atoms with E-state index in [9.17, 15) is 9.90 Å². The fourth-order valence-corrected chi connectivity index (χ4v) is 2.40. The van der Waals surface area contributed by atoms with Crippen molar-refractivity contribution in [2.75, 3.05) is 12.4 Å². The molecule has 0 saturated heterocycles. The third kappa shape index (κ3) is 3.69. The molecule has 0 bridgehead atoms. The van der Waals surface area contributed by atoms with E-state index >= 15 is 0 Å². The summed E-state index contributed by atoms with van der Waals surface area (Å²) in [6.07, 6.45) is 3.33. The lowest BCUT2D eigenvalue weighted by atomic mass is 10.0. The fourth-order valence-electron chi connectivity index (χ4n) is 2.40. The number of carboxylic acids is 1. The number of rotatable bonds is 5. The van der Waals surface area contributed by atoms with Crippen molar-refractivity contribution >= 4 is 17.3 Å². The largest absolute Gasteiger partial charge is 0.507 e. The zero-order chi connectivity index (χ0) is 17.8. The normalized spacial score (nSPS) is 10.3. The highest BCUT2D eigenvalue weighted by Crippen LogP contribution is 2.28. The summed E-state index contributed by atoms with van der Waals surface area (Å²) in [5.41, 5.74) is 2.94. The minimum atomic E-state index is -1.17. The number of anilines is 2. The molecule has 126 valence electrons. The number of carboxylic acid groups (broad SMARTS) is 1. The second kappa shape index (κ2) is 6.92. The van der Waals surface area contributed by atoms with Crippen LogP contribution in [0.5, 0.6) is 11.5 Å². The summed E-state index contributed by atoms with van der Waals surface area (Å²) < 4.78 is 5.13. The molecule has 6 nitrogen and oxygen atoms in total. The summed E-state index contributed by atoms with van der Waals surface area (Å²) in [6.45, 7) is 0. The third-order valence-corrected chi connectivity index (χ3v) is 3.68. The van der Waals surface area contributed by atoms with Crippen LogP contribution >= 0.6 is 0 Å². The molecule has 0 fully saturated rings. The lowest BCUT2D eigenvalue weighted by molar-refractivity contribution is 0.0694. The van der Waals surface area contributed by atoms with Gasteiger partial charge in [-0.2, -0.15) is 0 Å². The Kier molecular flexibility index (Phi) is 4.52. The van der Waals surface area contributed by atoms with Crippen molar-refractivity contribution in [3.8, 4) is 22.6 Å². The molecule has 0 amide bonds. The van der Waals surface area contributed by atoms with Crippen molar-refractivity contribution in [3.63, 3.8) is 0 Å². The van der Waals surface area contributed by atoms with E-state index in [1.165, 1.54) is 12.1 Å². The van der Waals surface area contributed by atoms with E-state index in [0.717, 1.165) is 22.7 Å². The lowest BCUT2D eigenvalue weighted by Gasteiger charge is -2.09. The van der Waals surface area contributed by atoms with E-state index in [0.29, 0.717) is 5.56 Å². The predicted molar refractivity (Wildman–Crippen MR) is 94.6 cm³/mol. The molecule has 1 heterocycles. The van der Waals surface area contributed by atoms with Gasteiger partial charge in [0.05, 0.1) is 19.0 Å². The standard InChI is InChI=1S/C19H16N2O4/c1-25-16-5-3-14(4-6-16)21-15-8-13(10-20-11-15)12-2-7-17(19(23)24)18(22)9-12/h2-11,21-22H,1H3,(H,23,24). The van der Waals surface area contributed by atoms with Gasteiger partial charge in [0.1, 0.15) is 17.1 Å². The lowest BCUT2D eigenvalue weighted by Crippen LogP contribution is -1.97. The Labute approximate surface area is 144 Å². The Morgan fingerprint density at radius 1 is 1.00 bits per heavy atom. The minimum Gasteiger partial charge on any atom is -0.507 e. The molecule has 0 spiro atoms. The molecule has 0 aliphatic carbocycles. The molecular formula is C19H16N2O4. The average Bonchev–Trinajstić information content (AvgIpc) is 2.62. The summed E-state index contributed by atoms with van der Waals surface area (Å²) in [5, 5.41) is 22.1. The van der Waals surface area contributed by atoms with E-state index in [1.807, 2.05) is 30.3 Å². The van der Waals surface area contributed by atoms with E-state index in [1.54, 1.807) is 25.6 Å². The molecule has 3 rings (SSSR count). The maximum Gasteiger partial charge on any atom is 0.339 e. The number of aromatic nitrogens is 1. The average molecular weight is 336 g/mol. The number of aromatic carboxylic acids is 1. The second-order valence-electron chi connectivity index (χ2n) is 5.35. The zero-order valence-electron chi connectivity index (χ0n) is 13.4. The molecule has 0 aliphatic rings. The van der Waals surface area contributed by atoms with Gasteiger partial charge in [0, 0.05) is 17.4 Å². The molecule has 2 aromatic carbocycles. The number of phenols is 1. The first-order chi connectivity index (χ1) is 12.1. The smallest absolute Gasteiger partial charge is 0.339 e. The van der Waals surface area contributed by atoms with Crippen LogP contribution in [0.2, 0.25) is 0 Å². The van der Waals surface area contributed by atoms with Crippen LogP contribution in [0.4, 0.5) is 11.4 Å². The molecule has 0 atom stereocenters. The number of nitrogens with one attached hydrogen (secondary N) is 1. The van der Waals surface area contributed by atoms with Crippen LogP contribution in [0.1, 0.15) is 10.4 Å². The third-order valence-electron chi connectivity index (χ3n) is 3.68. The SMILES string of the molecule is COc1ccc(Nc2cncc(-c3ccc(C(=O)O)c(O)c3)c2)cc1. The Morgan fingerprint density at radius 3 is 2.40 bits per heavy atom. The van der Waals surface area contributed by atoms with E-state index in [2.05, 4.69) is 10.3 Å². The van der Waals surface area contributed by atoms with Crippen LogP contribution in [0.15, 0.2) is 60.9 Å². The molecule has 3 aromatic rings. The Bertz CT molecular complexity index is 908. The molecule has 6 heteroatoms. The highest BCUT2D eigenvalue weighted by molar-refractivity contribution is 5.91. The van der Waals surface area contributed by atoms with Gasteiger partial charge in [0.15, 0.2) is 0 Å². The van der Waals surface area contributed by atoms with Gasteiger partial charge >= 0.3 is 5.97 Å². The number of hydrogen-bond donors (Lipinski definition) is 3. The van der Waals surface area contributed by atoms with Crippen molar-refractivity contribution in [1.29, 1.82) is 0 Å². The van der Waals surface area contributed by atoms with Crippen molar-refractivity contribution in [3.05, 3.63) is 66.5 Å². The van der Waals surface area contributed by atoms with Crippen LogP contribution in [0.3, 0.4) is 0 Å². The van der Waals surface area contributed by atoms with Gasteiger partial charge in [-0.15, -0.1) is 0 Å². The molecule has 0 saturated carbocycles. The summed E-state index contributed by atoms with van der Waals surface area (Å²) in [5.74, 6) is -0.679. The van der Waals surface area contributed by atoms with E-state index in [4.69, 9.17) is 9.84 Å². The molecular weight excluding hydrogens is 320 g/mol. The summed E-state index contributed by atoms with van der Waals surface area (Å²) in [6, 6.07) is 13.8. The monoisotopic (exact) mass is 336 g/mol. The van der Waals surface area contributed by atoms with Crippen LogP contribution in [0.25, 0.3) is 11.1 Å². The number of pyridine rings is 1. The number of nitrogens with zero attached hydrogens (tertiary/aromatic N) is 1. The van der Waals surface area contributed by atoms with Gasteiger partial charge in [0.25, 0.3) is 0 Å². The quantitative estimate of drug-likeness (QED) is 0.654. The number of carbonyl (C=O) groups is 1. The van der Waals surface area contributed by atoms with Gasteiger partial charge < -0.3 is 20.3 Å². The minimum absolute atomic E-state index is 0.135. The number of benzene rings is 2. The van der Waals surface area contributed by atoms with E-state index in [-0.39, 0.29) is 11.3 Å². The van der Waals surface area contributed by atoms with Gasteiger partial charge in [-0.3, -0.25) is 4.98 Å². The number of aromatic hydroxyl groups is 1. The van der Waals surface area contributed by atoms with Crippen LogP contribution in [-0.4, -0.2) is 28.3 Å². The molecule has 25 heavy (non-hydrogen) atoms. The molecule has 0 unspecified atom stereocenters. The summed E-state index contributed by atoms with van der Waals surface area (Å²) >= 11 is 0. The van der Waals surface area contributed by atoms with Gasteiger partial charge in [-0.05, 0) is 48.0 Å². The van der Waals surface area contributed by atoms with Gasteiger partial charge in [-0.25, -0.2) is 4.79 Å². The predicted octanol–water partition coefficient (Wildman–Crippen LogP) is 3.90. The topological polar surface area (TPSA) is 91.7 Å². The summed E-state index contributed by atoms with van der Waals surface area (Å²) in [4.78, 5) is 15.2. The van der Waals surface area contributed by atoms with Crippen LogP contribution in [-0.2, 0) is 0 Å². The zero-order valence-corrected chi connectivity index (χ0v) is 13.4. The van der Waals surface area contributed by atoms with Crippen molar-refractivity contribution < 1.29 is 19.7 Å². The molecule has 0 aliphatic heterocycles. The maximum atomic E-state index is 11.0. The van der Waals surface area contributed by atoms with Gasteiger partial charge in [0.2, 0.25) is 0 Å². The number of methoxy groups -OCH3 is 1. The second-order valence-corrected chi connectivity index (χ2v) is 5.35. The Balaban J connectivity index is 1.86. The highest BCUT2D eigenvalue weighted by atomic mass is 16.5. The molecule has 0 radical (unpaired) electrons. The first-order valence-electron chi connectivity index (χ1n) is 7.49. The summed E-state index contributed by atoms with van der Waals surface area (Å²) in [7, 11) is 1.61. The van der Waals surface area contributed by atoms with Crippen LogP contribution < -0.4 is 10.1 Å². The van der Waals surface area contributed by atoms with Crippen molar-refractivity contribution in [2.24, 2.45) is 0 Å². The first kappa shape index (κ1) is 16.3. The van der Waals surface area contributed by atoms with Gasteiger partial charge in [-0.1, -0.05) is 6.07 Å². The maximum absolute atomic E-state index is 11.0. The van der Waals surface area contributed by atoms with Crippen molar-refractivity contribution in [2.45, 2.75) is 0 Å². The first-order valence-corrected chi connectivity index (χ1v) is 7.49.